The number of rotatable bonds is 10. The van der Waals surface area contributed by atoms with Gasteiger partial charge < -0.3 is 27.0 Å². The third-order valence-corrected chi connectivity index (χ3v) is 7.32. The minimum atomic E-state index is -0.466. The second kappa shape index (κ2) is 11.7. The Morgan fingerprint density at radius 2 is 1.74 bits per heavy atom. The van der Waals surface area contributed by atoms with Crippen LogP contribution in [0.5, 0.6) is 0 Å². The molecule has 3 aromatic rings. The molecule has 2 amide bonds. The number of anilines is 3. The molecule has 0 aliphatic heterocycles. The summed E-state index contributed by atoms with van der Waals surface area (Å²) in [7, 11) is 0. The van der Waals surface area contributed by atoms with Crippen LogP contribution in [0, 0.1) is 5.92 Å². The van der Waals surface area contributed by atoms with E-state index in [-0.39, 0.29) is 23.9 Å². The maximum atomic E-state index is 13.1. The second-order valence-electron chi connectivity index (χ2n) is 11.0. The summed E-state index contributed by atoms with van der Waals surface area (Å²) in [6.45, 7) is 4.13. The highest BCUT2D eigenvalue weighted by Crippen LogP contribution is 2.30. The first-order chi connectivity index (χ1) is 18.7. The minimum Gasteiger partial charge on any atom is -0.379 e. The van der Waals surface area contributed by atoms with Crippen molar-refractivity contribution in [3.63, 3.8) is 0 Å². The Balaban J connectivity index is 1.27. The molecule has 0 radical (unpaired) electrons. The van der Waals surface area contributed by atoms with Crippen LogP contribution in [-0.2, 0) is 4.79 Å². The molecule has 2 aliphatic carbocycles. The van der Waals surface area contributed by atoms with Crippen molar-refractivity contribution in [2.75, 3.05) is 16.0 Å². The molecule has 0 spiro atoms. The van der Waals surface area contributed by atoms with E-state index in [1.807, 2.05) is 6.07 Å². The quantitative estimate of drug-likeness (QED) is 0.238. The van der Waals surface area contributed by atoms with Crippen molar-refractivity contribution >= 4 is 46.3 Å². The van der Waals surface area contributed by atoms with E-state index >= 15 is 0 Å². The van der Waals surface area contributed by atoms with Crippen LogP contribution in [0.1, 0.15) is 69.3 Å². The van der Waals surface area contributed by atoms with E-state index in [4.69, 9.17) is 22.4 Å². The SMILES string of the molecule is CC(C)C[C@@H](N)C(=O)N[C@H]1CC[C@H](Nc2cc(NC3CC3)c3ncc(C(=O)Nc4ccnc(Cl)c4)n3n2)CC1. The molecule has 0 bridgehead atoms. The van der Waals surface area contributed by atoms with E-state index in [0.29, 0.717) is 46.4 Å². The predicted molar refractivity (Wildman–Crippen MR) is 152 cm³/mol. The summed E-state index contributed by atoms with van der Waals surface area (Å²) < 4.78 is 1.58. The summed E-state index contributed by atoms with van der Waals surface area (Å²) in [6, 6.07) is 5.47. The average molecular weight is 554 g/mol. The van der Waals surface area contributed by atoms with Gasteiger partial charge >= 0.3 is 0 Å². The highest BCUT2D eigenvalue weighted by molar-refractivity contribution is 6.29. The summed E-state index contributed by atoms with van der Waals surface area (Å²) in [6.07, 6.45) is 9.44. The average Bonchev–Trinajstić information content (AvgIpc) is 3.60. The van der Waals surface area contributed by atoms with Gasteiger partial charge in [-0.05, 0) is 63.0 Å². The zero-order valence-corrected chi connectivity index (χ0v) is 23.0. The van der Waals surface area contributed by atoms with E-state index in [1.165, 1.54) is 12.4 Å². The van der Waals surface area contributed by atoms with Crippen LogP contribution in [0.3, 0.4) is 0 Å². The van der Waals surface area contributed by atoms with Crippen LogP contribution in [0.25, 0.3) is 5.65 Å². The molecule has 2 aliphatic rings. The van der Waals surface area contributed by atoms with Crippen molar-refractivity contribution in [3.05, 3.63) is 41.4 Å². The van der Waals surface area contributed by atoms with Gasteiger partial charge in [0.05, 0.1) is 17.9 Å². The predicted octanol–water partition coefficient (Wildman–Crippen LogP) is 3.82. The topological polar surface area (TPSA) is 151 Å². The van der Waals surface area contributed by atoms with Gasteiger partial charge in [-0.2, -0.15) is 0 Å². The lowest BCUT2D eigenvalue weighted by Gasteiger charge is -2.31. The number of nitrogens with zero attached hydrogens (tertiary/aromatic N) is 4. The van der Waals surface area contributed by atoms with Crippen molar-refractivity contribution in [1.29, 1.82) is 0 Å². The molecular weight excluding hydrogens is 518 g/mol. The molecule has 3 heterocycles. The molecule has 3 aromatic heterocycles. The minimum absolute atomic E-state index is 0.0667. The van der Waals surface area contributed by atoms with Gasteiger partial charge in [-0.3, -0.25) is 9.59 Å². The molecule has 0 unspecified atom stereocenters. The fraction of sp³-hybridized carbons (Fsp3) is 0.519. The van der Waals surface area contributed by atoms with Crippen LogP contribution in [0.15, 0.2) is 30.6 Å². The Hall–Kier alpha value is -3.44. The van der Waals surface area contributed by atoms with Gasteiger partial charge in [0, 0.05) is 36.1 Å². The lowest BCUT2D eigenvalue weighted by Crippen LogP contribution is -2.47. The summed E-state index contributed by atoms with van der Waals surface area (Å²) in [5.41, 5.74) is 8.33. The van der Waals surface area contributed by atoms with Crippen molar-refractivity contribution in [2.24, 2.45) is 11.7 Å². The molecule has 0 aromatic carbocycles. The number of hydrogen-bond donors (Lipinski definition) is 5. The molecule has 39 heavy (non-hydrogen) atoms. The smallest absolute Gasteiger partial charge is 0.276 e. The van der Waals surface area contributed by atoms with E-state index in [2.05, 4.69) is 45.1 Å². The molecule has 6 N–H and O–H groups in total. The number of pyridine rings is 1. The fourth-order valence-electron chi connectivity index (χ4n) is 4.94. The van der Waals surface area contributed by atoms with Crippen LogP contribution in [0.4, 0.5) is 17.2 Å². The fourth-order valence-corrected chi connectivity index (χ4v) is 5.11. The van der Waals surface area contributed by atoms with Gasteiger partial charge in [-0.15, -0.1) is 5.10 Å². The van der Waals surface area contributed by atoms with Crippen molar-refractivity contribution < 1.29 is 9.59 Å². The van der Waals surface area contributed by atoms with Crippen LogP contribution >= 0.6 is 11.6 Å². The number of nitrogens with two attached hydrogens (primary N) is 1. The molecule has 1 atom stereocenters. The van der Waals surface area contributed by atoms with Crippen LogP contribution < -0.4 is 27.0 Å². The maximum Gasteiger partial charge on any atom is 0.276 e. The third kappa shape index (κ3) is 6.96. The number of carbonyl (C=O) groups is 2. The summed E-state index contributed by atoms with van der Waals surface area (Å²) in [4.78, 5) is 34.0. The normalized spacial score (nSPS) is 20.0. The Bertz CT molecular complexity index is 1330. The Labute approximate surface area is 232 Å². The number of hydrogen-bond acceptors (Lipinski definition) is 8. The standard InChI is InChI=1S/C27H36ClN9O2/c1-15(2)11-20(29)26(38)34-18-7-5-17(6-8-18)33-24-13-21(32-16-3-4-16)25-31-14-22(37(25)36-24)27(39)35-19-9-10-30-23(28)12-19/h9-10,12-18,20,32H,3-8,11,29H2,1-2H3,(H,33,36)(H,34,38)(H,30,35,39)/t17-,18-,20-/m1/s1. The number of halogens is 1. The summed E-state index contributed by atoms with van der Waals surface area (Å²) in [5, 5.41) is 18.1. The third-order valence-electron chi connectivity index (χ3n) is 7.11. The Morgan fingerprint density at radius 3 is 2.44 bits per heavy atom. The first-order valence-corrected chi connectivity index (χ1v) is 14.0. The molecule has 5 rings (SSSR count). The second-order valence-corrected chi connectivity index (χ2v) is 11.4. The molecular formula is C27H36ClN9O2. The molecule has 208 valence electrons. The van der Waals surface area contributed by atoms with E-state index in [9.17, 15) is 9.59 Å². The van der Waals surface area contributed by atoms with Crippen LogP contribution in [0.2, 0.25) is 5.15 Å². The molecule has 2 saturated carbocycles. The highest BCUT2D eigenvalue weighted by atomic mass is 35.5. The number of nitrogens with one attached hydrogen (secondary N) is 4. The molecule has 12 heteroatoms. The zero-order valence-electron chi connectivity index (χ0n) is 22.3. The van der Waals surface area contributed by atoms with Crippen molar-refractivity contribution in [2.45, 2.75) is 83.0 Å². The number of amides is 2. The van der Waals surface area contributed by atoms with Gasteiger partial charge in [0.15, 0.2) is 11.3 Å². The van der Waals surface area contributed by atoms with Gasteiger partial charge in [-0.1, -0.05) is 25.4 Å². The zero-order chi connectivity index (χ0) is 27.5. The maximum absolute atomic E-state index is 13.1. The molecule has 11 nitrogen and oxygen atoms in total. The monoisotopic (exact) mass is 553 g/mol. The number of imidazole rings is 1. The van der Waals surface area contributed by atoms with E-state index in [0.717, 1.165) is 44.2 Å². The summed E-state index contributed by atoms with van der Waals surface area (Å²) in [5.74, 6) is 0.629. The molecule has 2 fully saturated rings. The number of aromatic nitrogens is 4. The lowest BCUT2D eigenvalue weighted by molar-refractivity contribution is -0.123. The van der Waals surface area contributed by atoms with Crippen molar-refractivity contribution in [1.82, 2.24) is 24.9 Å². The first kappa shape index (κ1) is 27.1. The van der Waals surface area contributed by atoms with Gasteiger partial charge in [0.1, 0.15) is 11.0 Å². The van der Waals surface area contributed by atoms with Crippen LogP contribution in [-0.4, -0.2) is 55.6 Å². The Kier molecular flexibility index (Phi) is 8.18. The molecule has 0 saturated heterocycles. The highest BCUT2D eigenvalue weighted by Gasteiger charge is 2.27. The van der Waals surface area contributed by atoms with E-state index in [1.54, 1.807) is 16.6 Å². The lowest BCUT2D eigenvalue weighted by atomic mass is 9.90. The van der Waals surface area contributed by atoms with E-state index < -0.39 is 6.04 Å². The first-order valence-electron chi connectivity index (χ1n) is 13.7. The Morgan fingerprint density at radius 1 is 1.05 bits per heavy atom. The number of fused-ring (bicyclic) bond motifs is 1. The largest absolute Gasteiger partial charge is 0.379 e. The number of carbonyl (C=O) groups excluding carboxylic acids is 2. The van der Waals surface area contributed by atoms with Gasteiger partial charge in [0.25, 0.3) is 5.91 Å². The van der Waals surface area contributed by atoms with Crippen molar-refractivity contribution in [3.8, 4) is 0 Å². The van der Waals surface area contributed by atoms with Gasteiger partial charge in [0.2, 0.25) is 5.91 Å². The summed E-state index contributed by atoms with van der Waals surface area (Å²) >= 11 is 5.97. The van der Waals surface area contributed by atoms with Gasteiger partial charge in [-0.25, -0.2) is 14.5 Å².